The molecule has 16 heavy (non-hydrogen) atoms. The first kappa shape index (κ1) is 11.8. The van der Waals surface area contributed by atoms with E-state index < -0.39 is 28.0 Å². The van der Waals surface area contributed by atoms with Crippen molar-refractivity contribution in [3.63, 3.8) is 0 Å². The van der Waals surface area contributed by atoms with Crippen LogP contribution in [0.2, 0.25) is 0 Å². The van der Waals surface area contributed by atoms with E-state index in [0.29, 0.717) is 12.1 Å². The van der Waals surface area contributed by atoms with Gasteiger partial charge in [0.05, 0.1) is 10.5 Å². The van der Waals surface area contributed by atoms with Crippen LogP contribution in [0.1, 0.15) is 5.56 Å². The second kappa shape index (κ2) is 4.07. The van der Waals surface area contributed by atoms with Gasteiger partial charge in [0.2, 0.25) is 0 Å². The van der Waals surface area contributed by atoms with E-state index in [9.17, 15) is 23.3 Å². The average Bonchev–Trinajstić information content (AvgIpc) is 2.16. The van der Waals surface area contributed by atoms with Gasteiger partial charge in [0.25, 0.3) is 5.69 Å². The summed E-state index contributed by atoms with van der Waals surface area (Å²) in [5.74, 6) is 0. The van der Waals surface area contributed by atoms with Crippen LogP contribution in [0.15, 0.2) is 23.3 Å². The second-order valence-corrected chi connectivity index (χ2v) is 2.65. The van der Waals surface area contributed by atoms with Crippen LogP contribution in [0.5, 0.6) is 0 Å². The lowest BCUT2D eigenvalue weighted by Gasteiger charge is -2.06. The van der Waals surface area contributed by atoms with Gasteiger partial charge in [0, 0.05) is 11.0 Å². The summed E-state index contributed by atoms with van der Waals surface area (Å²) < 4.78 is 36.7. The van der Waals surface area contributed by atoms with Crippen LogP contribution in [0, 0.1) is 10.1 Å². The summed E-state index contributed by atoms with van der Waals surface area (Å²) in [6.07, 6.45) is -4.68. The fraction of sp³-hybridized carbons (Fsp3) is 0.143. The zero-order valence-electron chi connectivity index (χ0n) is 7.47. The lowest BCUT2D eigenvalue weighted by molar-refractivity contribution is -0.384. The van der Waals surface area contributed by atoms with E-state index in [1.54, 1.807) is 0 Å². The molecule has 0 heterocycles. The molecule has 0 amide bonds. The molecule has 0 atom stereocenters. The van der Waals surface area contributed by atoms with Gasteiger partial charge in [0.15, 0.2) is 0 Å². The number of nitrogens with zero attached hydrogens (tertiary/aromatic N) is 4. The topological polar surface area (TPSA) is 91.9 Å². The first-order chi connectivity index (χ1) is 7.36. The van der Waals surface area contributed by atoms with E-state index in [1.807, 2.05) is 0 Å². The van der Waals surface area contributed by atoms with Crippen molar-refractivity contribution in [3.05, 3.63) is 44.3 Å². The van der Waals surface area contributed by atoms with Crippen LogP contribution in [0.3, 0.4) is 0 Å². The fourth-order valence-electron chi connectivity index (χ4n) is 0.979. The molecule has 0 radical (unpaired) electrons. The van der Waals surface area contributed by atoms with Crippen molar-refractivity contribution in [2.75, 3.05) is 0 Å². The van der Waals surface area contributed by atoms with Gasteiger partial charge in [-0.15, -0.1) is 0 Å². The Morgan fingerprint density at radius 2 is 2.06 bits per heavy atom. The van der Waals surface area contributed by atoms with Crippen LogP contribution in [0.4, 0.5) is 24.5 Å². The van der Waals surface area contributed by atoms with E-state index in [1.165, 1.54) is 0 Å². The molecule has 6 nitrogen and oxygen atoms in total. The molecule has 0 N–H and O–H groups in total. The number of nitro benzene ring substituents is 1. The van der Waals surface area contributed by atoms with E-state index in [-0.39, 0.29) is 0 Å². The second-order valence-electron chi connectivity index (χ2n) is 2.65. The van der Waals surface area contributed by atoms with Gasteiger partial charge >= 0.3 is 6.18 Å². The highest BCUT2D eigenvalue weighted by atomic mass is 19.4. The minimum absolute atomic E-state index is 0.323. The minimum atomic E-state index is -4.68. The molecule has 1 aromatic carbocycles. The third-order valence-corrected chi connectivity index (χ3v) is 1.65. The Morgan fingerprint density at radius 3 is 2.50 bits per heavy atom. The average molecular weight is 232 g/mol. The molecule has 0 aromatic heterocycles. The summed E-state index contributed by atoms with van der Waals surface area (Å²) in [4.78, 5) is 11.7. The first-order valence-corrected chi connectivity index (χ1v) is 3.77. The quantitative estimate of drug-likeness (QED) is 0.256. The van der Waals surface area contributed by atoms with Gasteiger partial charge in [0.1, 0.15) is 5.69 Å². The van der Waals surface area contributed by atoms with Crippen LogP contribution in [-0.2, 0) is 6.18 Å². The molecule has 84 valence electrons. The molecule has 1 aromatic rings. The standard InChI is InChI=1S/C7H3F3N4O2/c8-7(9,10)4-1-2-5(12-13-11)6(3-4)14(15)16/h1-3H. The molecule has 0 bridgehead atoms. The van der Waals surface area contributed by atoms with Crippen molar-refractivity contribution in [1.82, 2.24) is 0 Å². The zero-order valence-corrected chi connectivity index (χ0v) is 7.47. The SMILES string of the molecule is [N-]=[N+]=Nc1ccc(C(F)(F)F)cc1[N+](=O)[O-]. The van der Waals surface area contributed by atoms with Crippen molar-refractivity contribution >= 4 is 11.4 Å². The Balaban J connectivity index is 3.39. The smallest absolute Gasteiger partial charge is 0.258 e. The normalized spacial score (nSPS) is 10.7. The van der Waals surface area contributed by atoms with Crippen LogP contribution < -0.4 is 0 Å². The third kappa shape index (κ3) is 2.39. The van der Waals surface area contributed by atoms with E-state index in [2.05, 4.69) is 10.0 Å². The first-order valence-electron chi connectivity index (χ1n) is 3.77. The van der Waals surface area contributed by atoms with Gasteiger partial charge in [-0.05, 0) is 17.7 Å². The van der Waals surface area contributed by atoms with Crippen molar-refractivity contribution in [3.8, 4) is 0 Å². The number of nitro groups is 1. The molecular formula is C7H3F3N4O2. The highest BCUT2D eigenvalue weighted by Crippen LogP contribution is 2.36. The number of benzene rings is 1. The monoisotopic (exact) mass is 232 g/mol. The van der Waals surface area contributed by atoms with Gasteiger partial charge in [-0.3, -0.25) is 10.1 Å². The van der Waals surface area contributed by atoms with Gasteiger partial charge in [-0.1, -0.05) is 5.11 Å². The van der Waals surface area contributed by atoms with Crippen LogP contribution in [0.25, 0.3) is 10.4 Å². The maximum Gasteiger partial charge on any atom is 0.416 e. The highest BCUT2D eigenvalue weighted by molar-refractivity contribution is 5.58. The summed E-state index contributed by atoms with van der Waals surface area (Å²) in [5.41, 5.74) is 5.56. The Morgan fingerprint density at radius 1 is 1.44 bits per heavy atom. The summed E-state index contributed by atoms with van der Waals surface area (Å²) in [5, 5.41) is 13.4. The predicted molar refractivity (Wildman–Crippen MR) is 46.9 cm³/mol. The Kier molecular flexibility index (Phi) is 3.00. The predicted octanol–water partition coefficient (Wildman–Crippen LogP) is 3.56. The molecule has 0 aliphatic heterocycles. The van der Waals surface area contributed by atoms with Crippen molar-refractivity contribution < 1.29 is 18.1 Å². The summed E-state index contributed by atoms with van der Waals surface area (Å²) in [6, 6.07) is 1.68. The minimum Gasteiger partial charge on any atom is -0.258 e. The molecule has 0 spiro atoms. The molecule has 0 saturated carbocycles. The Hall–Kier alpha value is -2.28. The van der Waals surface area contributed by atoms with Crippen LogP contribution >= 0.6 is 0 Å². The van der Waals surface area contributed by atoms with Crippen molar-refractivity contribution in [2.24, 2.45) is 5.11 Å². The third-order valence-electron chi connectivity index (χ3n) is 1.65. The lowest BCUT2D eigenvalue weighted by atomic mass is 10.1. The lowest BCUT2D eigenvalue weighted by Crippen LogP contribution is -2.05. The number of alkyl halides is 3. The molecule has 0 unspecified atom stereocenters. The maximum atomic E-state index is 12.2. The van der Waals surface area contributed by atoms with E-state index in [4.69, 9.17) is 5.53 Å². The van der Waals surface area contributed by atoms with Gasteiger partial charge < -0.3 is 0 Å². The fourth-order valence-corrected chi connectivity index (χ4v) is 0.979. The highest BCUT2D eigenvalue weighted by Gasteiger charge is 2.32. The molecule has 0 aliphatic carbocycles. The van der Waals surface area contributed by atoms with Gasteiger partial charge in [-0.25, -0.2) is 0 Å². The number of hydrogen-bond acceptors (Lipinski definition) is 3. The molecule has 1 rings (SSSR count). The van der Waals surface area contributed by atoms with E-state index >= 15 is 0 Å². The van der Waals surface area contributed by atoms with Crippen molar-refractivity contribution in [1.29, 1.82) is 0 Å². The summed E-state index contributed by atoms with van der Waals surface area (Å²) in [6.45, 7) is 0. The molecule has 0 aliphatic rings. The largest absolute Gasteiger partial charge is 0.416 e. The molecule has 9 heteroatoms. The molecule has 0 saturated heterocycles. The van der Waals surface area contributed by atoms with Crippen LogP contribution in [-0.4, -0.2) is 4.92 Å². The van der Waals surface area contributed by atoms with Gasteiger partial charge in [-0.2, -0.15) is 13.2 Å². The number of azide groups is 1. The Bertz CT molecular complexity index is 479. The Labute approximate surface area is 86.1 Å². The van der Waals surface area contributed by atoms with E-state index in [0.717, 1.165) is 6.07 Å². The maximum absolute atomic E-state index is 12.2. The molecular weight excluding hydrogens is 229 g/mol. The van der Waals surface area contributed by atoms with Crippen molar-refractivity contribution in [2.45, 2.75) is 6.18 Å². The number of rotatable bonds is 2. The summed E-state index contributed by atoms with van der Waals surface area (Å²) in [7, 11) is 0. The number of halogens is 3. The zero-order chi connectivity index (χ0) is 12.3. The molecule has 0 fully saturated rings. The number of hydrogen-bond donors (Lipinski definition) is 0. The summed E-state index contributed by atoms with van der Waals surface area (Å²) >= 11 is 0.